The first-order chi connectivity index (χ1) is 6.89. The average Bonchev–Trinajstić information content (AvgIpc) is 2.17. The normalized spacial score (nSPS) is 20.1. The molecular weight excluding hydrogens is 196 g/mol. The second-order valence-corrected chi connectivity index (χ2v) is 3.82. The molecule has 88 valence electrons. The highest BCUT2D eigenvalue weighted by Gasteiger charge is 2.24. The fourth-order valence-corrected chi connectivity index (χ4v) is 1.24. The highest BCUT2D eigenvalue weighted by atomic mass is 16.5. The molecule has 1 saturated carbocycles. The van der Waals surface area contributed by atoms with E-state index in [2.05, 4.69) is 0 Å². The van der Waals surface area contributed by atoms with Crippen molar-refractivity contribution in [2.45, 2.75) is 51.7 Å². The molecule has 0 atom stereocenters. The predicted octanol–water partition coefficient (Wildman–Crippen LogP) is 1.67. The van der Waals surface area contributed by atoms with Crippen LogP contribution in [-0.4, -0.2) is 27.1 Å². The van der Waals surface area contributed by atoms with Gasteiger partial charge in [0, 0.05) is 18.4 Å². The van der Waals surface area contributed by atoms with Crippen molar-refractivity contribution < 1.29 is 20.1 Å². The summed E-state index contributed by atoms with van der Waals surface area (Å²) >= 11 is 0. The molecule has 0 bridgehead atoms. The molecule has 0 aromatic carbocycles. The summed E-state index contributed by atoms with van der Waals surface area (Å²) < 4.78 is 0. The van der Waals surface area contributed by atoms with E-state index in [4.69, 9.17) is 15.3 Å². The molecule has 0 aliphatic heterocycles. The van der Waals surface area contributed by atoms with Gasteiger partial charge in [-0.2, -0.15) is 0 Å². The summed E-state index contributed by atoms with van der Waals surface area (Å²) in [6.07, 6.45) is 5.77. The van der Waals surface area contributed by atoms with E-state index in [0.717, 1.165) is 19.3 Å². The van der Waals surface area contributed by atoms with Crippen molar-refractivity contribution in [3.8, 4) is 0 Å². The van der Waals surface area contributed by atoms with Crippen LogP contribution in [-0.2, 0) is 4.79 Å². The molecule has 0 aromatic rings. The number of hydrogen-bond acceptors (Lipinski definition) is 3. The van der Waals surface area contributed by atoms with E-state index in [0.29, 0.717) is 18.4 Å². The van der Waals surface area contributed by atoms with E-state index in [1.807, 2.05) is 0 Å². The number of aliphatic hydroxyl groups is 2. The Hall–Kier alpha value is -0.870. The van der Waals surface area contributed by atoms with E-state index in [-0.39, 0.29) is 0 Å². The molecule has 4 nitrogen and oxygen atoms in total. The number of carboxylic acid groups (broad SMARTS) is 1. The Balaban J connectivity index is 0.000000265. The van der Waals surface area contributed by atoms with Gasteiger partial charge in [-0.3, -0.25) is 0 Å². The third kappa shape index (κ3) is 7.11. The monoisotopic (exact) mass is 216 g/mol. The Labute approximate surface area is 90.2 Å². The van der Waals surface area contributed by atoms with Gasteiger partial charge in [-0.25, -0.2) is 4.79 Å². The number of rotatable bonds is 1. The molecule has 1 aliphatic carbocycles. The van der Waals surface area contributed by atoms with Crippen molar-refractivity contribution in [1.29, 1.82) is 0 Å². The van der Waals surface area contributed by atoms with Gasteiger partial charge >= 0.3 is 5.97 Å². The maximum absolute atomic E-state index is 9.86. The number of carboxylic acids is 1. The van der Waals surface area contributed by atoms with Gasteiger partial charge in [-0.15, -0.1) is 0 Å². The van der Waals surface area contributed by atoms with Crippen LogP contribution in [0.4, 0.5) is 0 Å². The van der Waals surface area contributed by atoms with Crippen LogP contribution < -0.4 is 0 Å². The fourth-order valence-electron chi connectivity index (χ4n) is 1.24. The van der Waals surface area contributed by atoms with Gasteiger partial charge in [0.1, 0.15) is 0 Å². The smallest absolute Gasteiger partial charge is 0.330 e. The lowest BCUT2D eigenvalue weighted by molar-refractivity contribution is -0.180. The summed E-state index contributed by atoms with van der Waals surface area (Å²) in [5, 5.41) is 26.0. The van der Waals surface area contributed by atoms with E-state index < -0.39 is 11.8 Å². The molecule has 1 aliphatic rings. The minimum absolute atomic E-state index is 0.389. The Morgan fingerprint density at radius 3 is 1.80 bits per heavy atom. The molecule has 4 heteroatoms. The molecule has 0 aromatic heterocycles. The van der Waals surface area contributed by atoms with Crippen LogP contribution >= 0.6 is 0 Å². The largest absolute Gasteiger partial charge is 0.478 e. The first-order valence-corrected chi connectivity index (χ1v) is 5.20. The maximum Gasteiger partial charge on any atom is 0.330 e. The standard InChI is InChI=1S/C6H12O2.C5H8O2/c7-6(8)4-2-1-3-5-6;1-3-4(2)5(6)7/h7-8H,1-5H2;3H,1-2H3,(H,6,7). The van der Waals surface area contributed by atoms with Gasteiger partial charge in [0.2, 0.25) is 0 Å². The summed E-state index contributed by atoms with van der Waals surface area (Å²) in [5.74, 6) is -2.17. The minimum Gasteiger partial charge on any atom is -0.478 e. The van der Waals surface area contributed by atoms with Crippen LogP contribution in [0.3, 0.4) is 0 Å². The van der Waals surface area contributed by atoms with Gasteiger partial charge < -0.3 is 15.3 Å². The van der Waals surface area contributed by atoms with Gasteiger partial charge in [0.25, 0.3) is 0 Å². The van der Waals surface area contributed by atoms with Crippen LogP contribution in [0.1, 0.15) is 46.0 Å². The van der Waals surface area contributed by atoms with E-state index in [1.54, 1.807) is 19.9 Å². The SMILES string of the molecule is CC=C(C)C(=O)O.OC1(O)CCCCC1. The van der Waals surface area contributed by atoms with E-state index >= 15 is 0 Å². The molecular formula is C11H20O4. The highest BCUT2D eigenvalue weighted by molar-refractivity contribution is 5.85. The maximum atomic E-state index is 9.86. The van der Waals surface area contributed by atoms with Crippen molar-refractivity contribution in [1.82, 2.24) is 0 Å². The van der Waals surface area contributed by atoms with Crippen molar-refractivity contribution >= 4 is 5.97 Å². The van der Waals surface area contributed by atoms with E-state index in [9.17, 15) is 4.79 Å². The molecule has 0 unspecified atom stereocenters. The number of carbonyl (C=O) groups is 1. The van der Waals surface area contributed by atoms with Gasteiger partial charge in [0.15, 0.2) is 5.79 Å². The quantitative estimate of drug-likeness (QED) is 0.460. The van der Waals surface area contributed by atoms with Crippen LogP contribution in [0.5, 0.6) is 0 Å². The molecule has 0 spiro atoms. The zero-order valence-electron chi connectivity index (χ0n) is 9.36. The fraction of sp³-hybridized carbons (Fsp3) is 0.727. The summed E-state index contributed by atoms with van der Waals surface area (Å²) in [6.45, 7) is 3.26. The summed E-state index contributed by atoms with van der Waals surface area (Å²) in [4.78, 5) is 9.86. The second kappa shape index (κ2) is 6.58. The Morgan fingerprint density at radius 2 is 1.67 bits per heavy atom. The Kier molecular flexibility index (Phi) is 6.20. The van der Waals surface area contributed by atoms with Crippen molar-refractivity contribution in [2.75, 3.05) is 0 Å². The van der Waals surface area contributed by atoms with Crippen LogP contribution in [0, 0.1) is 0 Å². The Bertz CT molecular complexity index is 223. The van der Waals surface area contributed by atoms with Crippen molar-refractivity contribution in [3.63, 3.8) is 0 Å². The molecule has 0 saturated heterocycles. The van der Waals surface area contributed by atoms with Crippen molar-refractivity contribution in [3.05, 3.63) is 11.6 Å². The van der Waals surface area contributed by atoms with Crippen molar-refractivity contribution in [2.24, 2.45) is 0 Å². The lowest BCUT2D eigenvalue weighted by Crippen LogP contribution is -2.30. The number of allylic oxidation sites excluding steroid dienone is 1. The third-order valence-electron chi connectivity index (χ3n) is 2.42. The topological polar surface area (TPSA) is 77.8 Å². The zero-order chi connectivity index (χ0) is 11.9. The molecule has 0 radical (unpaired) electrons. The van der Waals surface area contributed by atoms with Gasteiger partial charge in [-0.1, -0.05) is 12.5 Å². The first-order valence-electron chi connectivity index (χ1n) is 5.20. The molecule has 1 fully saturated rings. The molecule has 3 N–H and O–H groups in total. The van der Waals surface area contributed by atoms with Gasteiger partial charge in [0.05, 0.1) is 0 Å². The first kappa shape index (κ1) is 14.1. The lowest BCUT2D eigenvalue weighted by Gasteiger charge is -2.25. The van der Waals surface area contributed by atoms with Gasteiger partial charge in [-0.05, 0) is 26.7 Å². The number of aliphatic carboxylic acids is 1. The van der Waals surface area contributed by atoms with E-state index in [1.165, 1.54) is 0 Å². The third-order valence-corrected chi connectivity index (χ3v) is 2.42. The predicted molar refractivity (Wildman–Crippen MR) is 57.3 cm³/mol. The summed E-state index contributed by atoms with van der Waals surface area (Å²) in [5.41, 5.74) is 0.389. The molecule has 0 amide bonds. The molecule has 1 rings (SSSR count). The zero-order valence-corrected chi connectivity index (χ0v) is 9.36. The minimum atomic E-state index is -1.32. The number of hydrogen-bond donors (Lipinski definition) is 3. The molecule has 0 heterocycles. The summed E-state index contributed by atoms with van der Waals surface area (Å²) in [7, 11) is 0. The Morgan fingerprint density at radius 1 is 1.20 bits per heavy atom. The highest BCUT2D eigenvalue weighted by Crippen LogP contribution is 2.24. The van der Waals surface area contributed by atoms with Crippen LogP contribution in [0.15, 0.2) is 11.6 Å². The average molecular weight is 216 g/mol. The lowest BCUT2D eigenvalue weighted by atomic mass is 9.95. The molecule has 15 heavy (non-hydrogen) atoms. The summed E-state index contributed by atoms with van der Waals surface area (Å²) in [6, 6.07) is 0. The second-order valence-electron chi connectivity index (χ2n) is 3.82. The van der Waals surface area contributed by atoms with Crippen LogP contribution in [0.25, 0.3) is 0 Å². The van der Waals surface area contributed by atoms with Crippen LogP contribution in [0.2, 0.25) is 0 Å².